The first kappa shape index (κ1) is 16.4. The van der Waals surface area contributed by atoms with Gasteiger partial charge in [-0.3, -0.25) is 14.9 Å². The summed E-state index contributed by atoms with van der Waals surface area (Å²) >= 11 is 5.71. The van der Waals surface area contributed by atoms with Gasteiger partial charge in [-0.2, -0.15) is 5.10 Å². The maximum atomic E-state index is 13.4. The van der Waals surface area contributed by atoms with E-state index in [1.807, 2.05) is 0 Å². The molecule has 0 saturated carbocycles. The summed E-state index contributed by atoms with van der Waals surface area (Å²) in [7, 11) is 0. The van der Waals surface area contributed by atoms with Gasteiger partial charge >= 0.3 is 5.69 Å². The van der Waals surface area contributed by atoms with Crippen LogP contribution in [0.5, 0.6) is 5.75 Å². The minimum absolute atomic E-state index is 0.0105. The van der Waals surface area contributed by atoms with Crippen LogP contribution in [0.25, 0.3) is 0 Å². The highest BCUT2D eigenvalue weighted by molar-refractivity contribution is 6.31. The van der Waals surface area contributed by atoms with E-state index in [1.165, 1.54) is 24.3 Å². The highest BCUT2D eigenvalue weighted by atomic mass is 35.5. The Morgan fingerprint density at radius 1 is 1.39 bits per heavy atom. The lowest BCUT2D eigenvalue weighted by atomic mass is 10.2. The summed E-state index contributed by atoms with van der Waals surface area (Å²) in [6.07, 6.45) is 0.965. The van der Waals surface area contributed by atoms with Crippen LogP contribution in [0.4, 0.5) is 10.1 Å². The number of phenolic OH excluding ortho intramolecular Hbond substituents is 1. The third-order valence-electron chi connectivity index (χ3n) is 2.77. The van der Waals surface area contributed by atoms with Crippen LogP contribution in [0, 0.1) is 15.9 Å². The molecule has 0 heterocycles. The molecule has 2 rings (SSSR count). The van der Waals surface area contributed by atoms with Gasteiger partial charge in [-0.15, -0.1) is 0 Å². The minimum atomic E-state index is -0.810. The molecule has 0 fully saturated rings. The monoisotopic (exact) mass is 337 g/mol. The molecule has 1 amide bonds. The molecule has 0 aliphatic carbocycles. The summed E-state index contributed by atoms with van der Waals surface area (Å²) in [6.45, 7) is 0. The van der Waals surface area contributed by atoms with E-state index < -0.39 is 28.1 Å². The number of hydrazone groups is 1. The third-order valence-corrected chi connectivity index (χ3v) is 2.99. The topological polar surface area (TPSA) is 105 Å². The summed E-state index contributed by atoms with van der Waals surface area (Å²) in [6, 6.07) is 7.49. The average molecular weight is 338 g/mol. The number of benzene rings is 2. The number of aromatic hydroxyl groups is 1. The number of nitrogens with one attached hydrogen (secondary N) is 1. The predicted molar refractivity (Wildman–Crippen MR) is 81.2 cm³/mol. The second-order valence-electron chi connectivity index (χ2n) is 4.30. The molecule has 7 nitrogen and oxygen atoms in total. The van der Waals surface area contributed by atoms with Crippen molar-refractivity contribution in [2.75, 3.05) is 0 Å². The number of hydrogen-bond acceptors (Lipinski definition) is 5. The van der Waals surface area contributed by atoms with Crippen molar-refractivity contribution < 1.29 is 19.2 Å². The first-order valence-corrected chi connectivity index (χ1v) is 6.52. The van der Waals surface area contributed by atoms with Crippen LogP contribution in [-0.4, -0.2) is 22.2 Å². The van der Waals surface area contributed by atoms with E-state index in [4.69, 9.17) is 11.6 Å². The van der Waals surface area contributed by atoms with Gasteiger partial charge < -0.3 is 5.11 Å². The number of carbonyl (C=O) groups excluding carboxylic acids is 1. The number of halogens is 2. The Labute approximate surface area is 134 Å². The maximum Gasteiger partial charge on any atom is 0.312 e. The summed E-state index contributed by atoms with van der Waals surface area (Å²) < 4.78 is 13.4. The van der Waals surface area contributed by atoms with Crippen LogP contribution in [0.3, 0.4) is 0 Å². The van der Waals surface area contributed by atoms with E-state index in [1.54, 1.807) is 0 Å². The molecule has 0 aliphatic rings. The lowest BCUT2D eigenvalue weighted by Gasteiger charge is -2.03. The number of carbonyl (C=O) groups is 1. The van der Waals surface area contributed by atoms with Crippen molar-refractivity contribution in [3.05, 3.63) is 68.5 Å². The molecule has 0 unspecified atom stereocenters. The van der Waals surface area contributed by atoms with Crippen LogP contribution in [0.15, 0.2) is 41.5 Å². The van der Waals surface area contributed by atoms with Gasteiger partial charge in [0.05, 0.1) is 16.7 Å². The SMILES string of the molecule is O=C(N/N=C\c1cc(Cl)cc([N+](=O)[O-])c1O)c1ccccc1F. The highest BCUT2D eigenvalue weighted by Gasteiger charge is 2.18. The number of rotatable bonds is 4. The number of nitro groups is 1. The lowest BCUT2D eigenvalue weighted by Crippen LogP contribution is -2.18. The number of nitrogens with zero attached hydrogens (tertiary/aromatic N) is 2. The second-order valence-corrected chi connectivity index (χ2v) is 4.74. The third kappa shape index (κ3) is 3.80. The second kappa shape index (κ2) is 6.84. The lowest BCUT2D eigenvalue weighted by molar-refractivity contribution is -0.385. The first-order chi connectivity index (χ1) is 10.9. The van der Waals surface area contributed by atoms with E-state index in [-0.39, 0.29) is 16.1 Å². The van der Waals surface area contributed by atoms with Crippen molar-refractivity contribution in [2.24, 2.45) is 5.10 Å². The fourth-order valence-electron chi connectivity index (χ4n) is 1.71. The highest BCUT2D eigenvalue weighted by Crippen LogP contribution is 2.32. The van der Waals surface area contributed by atoms with E-state index in [9.17, 15) is 24.4 Å². The molecule has 0 radical (unpaired) electrons. The van der Waals surface area contributed by atoms with Gasteiger partial charge in [0, 0.05) is 16.7 Å². The zero-order valence-electron chi connectivity index (χ0n) is 11.4. The number of amides is 1. The number of hydrogen-bond donors (Lipinski definition) is 2. The Balaban J connectivity index is 2.20. The van der Waals surface area contributed by atoms with Crippen molar-refractivity contribution in [1.29, 1.82) is 0 Å². The van der Waals surface area contributed by atoms with Gasteiger partial charge in [0.2, 0.25) is 5.75 Å². The van der Waals surface area contributed by atoms with Crippen molar-refractivity contribution >= 4 is 29.4 Å². The van der Waals surface area contributed by atoms with Gasteiger partial charge in [0.1, 0.15) is 5.82 Å². The van der Waals surface area contributed by atoms with Crippen LogP contribution in [-0.2, 0) is 0 Å². The summed E-state index contributed by atoms with van der Waals surface area (Å²) in [5, 5.41) is 24.0. The molecule has 2 aromatic rings. The Kier molecular flexibility index (Phi) is 4.87. The van der Waals surface area contributed by atoms with Crippen molar-refractivity contribution in [2.45, 2.75) is 0 Å². The maximum absolute atomic E-state index is 13.4. The summed E-state index contributed by atoms with van der Waals surface area (Å²) in [4.78, 5) is 21.7. The standard InChI is InChI=1S/C14H9ClFN3O4/c15-9-5-8(13(20)12(6-9)19(22)23)7-17-18-14(21)10-3-1-2-4-11(10)16/h1-7,20H,(H,18,21)/b17-7-. The van der Waals surface area contributed by atoms with Crippen molar-refractivity contribution in [1.82, 2.24) is 5.43 Å². The minimum Gasteiger partial charge on any atom is -0.502 e. The van der Waals surface area contributed by atoms with Gasteiger partial charge in [0.25, 0.3) is 5.91 Å². The molecule has 23 heavy (non-hydrogen) atoms. The molecule has 0 atom stereocenters. The summed E-state index contributed by atoms with van der Waals surface area (Å²) in [5.74, 6) is -2.18. The molecule has 0 aliphatic heterocycles. The molecule has 118 valence electrons. The Hall–Kier alpha value is -3.00. The fourth-order valence-corrected chi connectivity index (χ4v) is 1.93. The number of phenols is 1. The number of nitro benzene ring substituents is 1. The molecular weight excluding hydrogens is 329 g/mol. The van der Waals surface area contributed by atoms with Crippen molar-refractivity contribution in [3.8, 4) is 5.75 Å². The van der Waals surface area contributed by atoms with Crippen molar-refractivity contribution in [3.63, 3.8) is 0 Å². The van der Waals surface area contributed by atoms with Gasteiger partial charge in [-0.05, 0) is 18.2 Å². The molecule has 0 saturated heterocycles. The quantitative estimate of drug-likeness (QED) is 0.508. The predicted octanol–water partition coefficient (Wildman–Crippen LogP) is 2.86. The van der Waals surface area contributed by atoms with Gasteiger partial charge in [-0.25, -0.2) is 9.82 Å². The van der Waals surface area contributed by atoms with E-state index in [2.05, 4.69) is 10.5 Å². The smallest absolute Gasteiger partial charge is 0.312 e. The average Bonchev–Trinajstić information content (AvgIpc) is 2.50. The molecule has 9 heteroatoms. The molecule has 0 bridgehead atoms. The Morgan fingerprint density at radius 3 is 2.74 bits per heavy atom. The normalized spacial score (nSPS) is 10.7. The Morgan fingerprint density at radius 2 is 2.09 bits per heavy atom. The first-order valence-electron chi connectivity index (χ1n) is 6.15. The molecule has 2 N–H and O–H groups in total. The molecule has 0 spiro atoms. The molecule has 0 aromatic heterocycles. The van der Waals surface area contributed by atoms with E-state index >= 15 is 0 Å². The molecule has 2 aromatic carbocycles. The largest absolute Gasteiger partial charge is 0.502 e. The van der Waals surface area contributed by atoms with Crippen LogP contribution < -0.4 is 5.43 Å². The van der Waals surface area contributed by atoms with E-state index in [0.29, 0.717) is 0 Å². The van der Waals surface area contributed by atoms with Crippen LogP contribution in [0.2, 0.25) is 5.02 Å². The van der Waals surface area contributed by atoms with Gasteiger partial charge in [-0.1, -0.05) is 23.7 Å². The zero-order chi connectivity index (χ0) is 17.0. The Bertz CT molecular complexity index is 811. The van der Waals surface area contributed by atoms with Gasteiger partial charge in [0.15, 0.2) is 0 Å². The van der Waals surface area contributed by atoms with E-state index in [0.717, 1.165) is 18.3 Å². The zero-order valence-corrected chi connectivity index (χ0v) is 12.1. The molecular formula is C14H9ClFN3O4. The fraction of sp³-hybridized carbons (Fsp3) is 0. The van der Waals surface area contributed by atoms with Crippen LogP contribution in [0.1, 0.15) is 15.9 Å². The van der Waals surface area contributed by atoms with Crippen LogP contribution >= 0.6 is 11.6 Å². The summed E-state index contributed by atoms with van der Waals surface area (Å²) in [5.41, 5.74) is 1.16.